The highest BCUT2D eigenvalue weighted by Gasteiger charge is 2.26. The summed E-state index contributed by atoms with van der Waals surface area (Å²) in [6.07, 6.45) is 0.523. The molecular weight excluding hydrogens is 553 g/mol. The van der Waals surface area contributed by atoms with Crippen molar-refractivity contribution >= 4 is 64.2 Å². The molecule has 3 amide bonds. The molecule has 9 nitrogen and oxygen atoms in total. The summed E-state index contributed by atoms with van der Waals surface area (Å²) in [6, 6.07) is 25.7. The summed E-state index contributed by atoms with van der Waals surface area (Å²) in [5.41, 5.74) is 3.88. The molecule has 11 heteroatoms. The van der Waals surface area contributed by atoms with Crippen molar-refractivity contribution in [2.75, 3.05) is 4.90 Å². The number of hydrazone groups is 1. The van der Waals surface area contributed by atoms with Crippen LogP contribution in [0.25, 0.3) is 0 Å². The number of hydrogen-bond acceptors (Lipinski definition) is 7. The third kappa shape index (κ3) is 7.37. The van der Waals surface area contributed by atoms with Crippen molar-refractivity contribution in [2.45, 2.75) is 6.42 Å². The Morgan fingerprint density at radius 1 is 0.850 bits per heavy atom. The highest BCUT2D eigenvalue weighted by atomic mass is 35.5. The van der Waals surface area contributed by atoms with Crippen molar-refractivity contribution in [3.8, 4) is 5.75 Å². The van der Waals surface area contributed by atoms with E-state index in [1.165, 1.54) is 42.6 Å². The van der Waals surface area contributed by atoms with Gasteiger partial charge in [0.25, 0.3) is 5.91 Å². The van der Waals surface area contributed by atoms with E-state index in [0.717, 1.165) is 4.90 Å². The SMILES string of the molecule is O=C(CC(=O)N(C(=O)c1ccccc1)c1ccc(Cl)cc1)N/N=C/c1cc(N=Nc2ccccc2Cl)ccc1O. The van der Waals surface area contributed by atoms with Gasteiger partial charge in [0.05, 0.1) is 22.6 Å². The van der Waals surface area contributed by atoms with Gasteiger partial charge in [-0.25, -0.2) is 10.3 Å². The van der Waals surface area contributed by atoms with Crippen LogP contribution in [0.4, 0.5) is 17.1 Å². The van der Waals surface area contributed by atoms with E-state index in [4.69, 9.17) is 23.2 Å². The lowest BCUT2D eigenvalue weighted by molar-refractivity contribution is -0.127. The van der Waals surface area contributed by atoms with Crippen LogP contribution in [0.5, 0.6) is 5.75 Å². The molecule has 0 radical (unpaired) electrons. The second-order valence-electron chi connectivity index (χ2n) is 8.24. The summed E-state index contributed by atoms with van der Waals surface area (Å²) in [7, 11) is 0. The Kier molecular flexibility index (Phi) is 9.35. The molecule has 0 fully saturated rings. The maximum absolute atomic E-state index is 13.1. The molecule has 0 aromatic heterocycles. The van der Waals surface area contributed by atoms with E-state index in [9.17, 15) is 19.5 Å². The van der Waals surface area contributed by atoms with Gasteiger partial charge in [0.1, 0.15) is 17.9 Å². The summed E-state index contributed by atoms with van der Waals surface area (Å²) in [4.78, 5) is 39.7. The minimum absolute atomic E-state index is 0.117. The molecule has 4 aromatic carbocycles. The summed E-state index contributed by atoms with van der Waals surface area (Å²) in [5.74, 6) is -2.26. The summed E-state index contributed by atoms with van der Waals surface area (Å²) >= 11 is 12.0. The second-order valence-corrected chi connectivity index (χ2v) is 9.08. The van der Waals surface area contributed by atoms with Crippen molar-refractivity contribution in [3.05, 3.63) is 118 Å². The first-order valence-electron chi connectivity index (χ1n) is 11.8. The summed E-state index contributed by atoms with van der Waals surface area (Å²) < 4.78 is 0. The molecular formula is C29H21Cl2N5O4. The van der Waals surface area contributed by atoms with Gasteiger partial charge in [-0.05, 0) is 66.7 Å². The number of amides is 3. The highest BCUT2D eigenvalue weighted by molar-refractivity contribution is 6.33. The molecule has 0 saturated carbocycles. The number of benzene rings is 4. The molecule has 0 atom stereocenters. The van der Waals surface area contributed by atoms with Crippen LogP contribution in [0.3, 0.4) is 0 Å². The van der Waals surface area contributed by atoms with E-state index in [-0.39, 0.29) is 22.6 Å². The lowest BCUT2D eigenvalue weighted by Crippen LogP contribution is -2.39. The molecule has 0 bridgehead atoms. The van der Waals surface area contributed by atoms with Crippen molar-refractivity contribution in [1.82, 2.24) is 5.43 Å². The van der Waals surface area contributed by atoms with Crippen LogP contribution in [-0.4, -0.2) is 29.0 Å². The van der Waals surface area contributed by atoms with Crippen LogP contribution in [0.15, 0.2) is 112 Å². The molecule has 4 rings (SSSR count). The number of rotatable bonds is 8. The number of nitrogens with one attached hydrogen (secondary N) is 1. The van der Waals surface area contributed by atoms with Crippen LogP contribution < -0.4 is 10.3 Å². The van der Waals surface area contributed by atoms with E-state index in [1.54, 1.807) is 60.7 Å². The van der Waals surface area contributed by atoms with Gasteiger partial charge in [-0.3, -0.25) is 14.4 Å². The third-order valence-electron chi connectivity index (χ3n) is 5.40. The molecule has 0 aliphatic carbocycles. The Bertz CT molecular complexity index is 1590. The van der Waals surface area contributed by atoms with Gasteiger partial charge in [0.15, 0.2) is 0 Å². The Labute approximate surface area is 239 Å². The van der Waals surface area contributed by atoms with Gasteiger partial charge in [-0.15, -0.1) is 5.11 Å². The zero-order valence-electron chi connectivity index (χ0n) is 20.7. The highest BCUT2D eigenvalue weighted by Crippen LogP contribution is 2.28. The molecule has 40 heavy (non-hydrogen) atoms. The van der Waals surface area contributed by atoms with Crippen molar-refractivity contribution < 1.29 is 19.5 Å². The fourth-order valence-electron chi connectivity index (χ4n) is 3.46. The van der Waals surface area contributed by atoms with Crippen molar-refractivity contribution in [3.63, 3.8) is 0 Å². The Balaban J connectivity index is 1.44. The van der Waals surface area contributed by atoms with Gasteiger partial charge in [0.2, 0.25) is 11.8 Å². The number of phenolic OH excluding ortho intramolecular Hbond substituents is 1. The predicted molar refractivity (Wildman–Crippen MR) is 154 cm³/mol. The zero-order valence-corrected chi connectivity index (χ0v) is 22.3. The number of carbonyl (C=O) groups excluding carboxylic acids is 3. The smallest absolute Gasteiger partial charge is 0.265 e. The van der Waals surface area contributed by atoms with Crippen LogP contribution in [0, 0.1) is 0 Å². The van der Waals surface area contributed by atoms with Crippen LogP contribution in [-0.2, 0) is 9.59 Å². The number of nitrogens with zero attached hydrogens (tertiary/aromatic N) is 4. The average molecular weight is 574 g/mol. The minimum Gasteiger partial charge on any atom is -0.507 e. The van der Waals surface area contributed by atoms with E-state index in [2.05, 4.69) is 20.8 Å². The van der Waals surface area contributed by atoms with Gasteiger partial charge in [0, 0.05) is 16.1 Å². The molecule has 0 unspecified atom stereocenters. The number of halogens is 2. The fraction of sp³-hybridized carbons (Fsp3) is 0.0345. The first kappa shape index (κ1) is 28.2. The van der Waals surface area contributed by atoms with Crippen LogP contribution in [0.2, 0.25) is 10.0 Å². The number of hydrogen-bond donors (Lipinski definition) is 2. The lowest BCUT2D eigenvalue weighted by atomic mass is 10.1. The lowest BCUT2D eigenvalue weighted by Gasteiger charge is -2.21. The van der Waals surface area contributed by atoms with E-state index in [0.29, 0.717) is 21.4 Å². The molecule has 0 aliphatic heterocycles. The Morgan fingerprint density at radius 3 is 2.27 bits per heavy atom. The molecule has 0 saturated heterocycles. The molecule has 0 aliphatic rings. The second kappa shape index (κ2) is 13.3. The quantitative estimate of drug-likeness (QED) is 0.104. The van der Waals surface area contributed by atoms with Gasteiger partial charge >= 0.3 is 0 Å². The van der Waals surface area contributed by atoms with Crippen LogP contribution in [0.1, 0.15) is 22.3 Å². The maximum atomic E-state index is 13.1. The Hall–Kier alpha value is -4.86. The van der Waals surface area contributed by atoms with Gasteiger partial charge in [-0.2, -0.15) is 10.2 Å². The van der Waals surface area contributed by atoms with Gasteiger partial charge < -0.3 is 5.11 Å². The van der Waals surface area contributed by atoms with E-state index >= 15 is 0 Å². The first-order valence-corrected chi connectivity index (χ1v) is 12.6. The monoisotopic (exact) mass is 573 g/mol. The largest absolute Gasteiger partial charge is 0.507 e. The number of imide groups is 1. The molecule has 0 heterocycles. The number of azo groups is 1. The van der Waals surface area contributed by atoms with E-state index in [1.807, 2.05) is 0 Å². The zero-order chi connectivity index (χ0) is 28.5. The topological polar surface area (TPSA) is 124 Å². The van der Waals surface area contributed by atoms with Gasteiger partial charge in [-0.1, -0.05) is 53.5 Å². The number of aromatic hydroxyl groups is 1. The molecule has 0 spiro atoms. The molecule has 4 aromatic rings. The summed E-state index contributed by atoms with van der Waals surface area (Å²) in [6.45, 7) is 0. The fourth-order valence-corrected chi connectivity index (χ4v) is 3.76. The Morgan fingerprint density at radius 2 is 1.55 bits per heavy atom. The maximum Gasteiger partial charge on any atom is 0.265 e. The van der Waals surface area contributed by atoms with E-state index < -0.39 is 24.1 Å². The predicted octanol–water partition coefficient (Wildman–Crippen LogP) is 6.83. The first-order chi connectivity index (χ1) is 19.3. The average Bonchev–Trinajstić information content (AvgIpc) is 2.95. The summed E-state index contributed by atoms with van der Waals surface area (Å²) in [5, 5.41) is 23.0. The minimum atomic E-state index is -0.770. The van der Waals surface area contributed by atoms with Crippen LogP contribution >= 0.6 is 23.2 Å². The van der Waals surface area contributed by atoms with Crippen molar-refractivity contribution in [1.29, 1.82) is 0 Å². The molecule has 200 valence electrons. The molecule has 2 N–H and O–H groups in total. The normalized spacial score (nSPS) is 11.1. The number of carbonyl (C=O) groups is 3. The number of phenols is 1. The van der Waals surface area contributed by atoms with Crippen molar-refractivity contribution in [2.24, 2.45) is 15.3 Å². The third-order valence-corrected chi connectivity index (χ3v) is 5.97. The number of anilines is 1. The standard InChI is InChI=1S/C29H21Cl2N5O4/c30-21-10-13-23(14-11-21)36(29(40)19-6-2-1-3-7-19)28(39)17-27(38)35-32-18-20-16-22(12-15-26(20)37)33-34-25-9-5-4-8-24(25)31/h1-16,18,37H,17H2,(H,35,38)/b32-18+,34-33?.